The van der Waals surface area contributed by atoms with Crippen LogP contribution in [0, 0.1) is 0 Å². The molecule has 0 radical (unpaired) electrons. The highest BCUT2D eigenvalue weighted by molar-refractivity contribution is 6.02. The lowest BCUT2D eigenvalue weighted by atomic mass is 10.3. The summed E-state index contributed by atoms with van der Waals surface area (Å²) in [5, 5.41) is 14.5. The molecule has 1 aromatic carbocycles. The van der Waals surface area contributed by atoms with Gasteiger partial charge in [-0.3, -0.25) is 4.79 Å². The Hall–Kier alpha value is -3.29. The van der Waals surface area contributed by atoms with E-state index in [4.69, 9.17) is 4.74 Å². The number of anilines is 1. The molecule has 1 amide bonds. The number of aromatic nitrogens is 5. The third-order valence-corrected chi connectivity index (χ3v) is 2.96. The molecular formula is C15H14N6O2. The van der Waals surface area contributed by atoms with E-state index in [-0.39, 0.29) is 11.6 Å². The predicted octanol–water partition coefficient (Wildman–Crippen LogP) is 1.71. The van der Waals surface area contributed by atoms with E-state index in [1.165, 1.54) is 17.3 Å². The summed E-state index contributed by atoms with van der Waals surface area (Å²) in [7, 11) is 0. The molecule has 2 heterocycles. The minimum absolute atomic E-state index is 0.211. The summed E-state index contributed by atoms with van der Waals surface area (Å²) in [6, 6.07) is 10.3. The Labute approximate surface area is 132 Å². The Balaban J connectivity index is 1.68. The Bertz CT molecular complexity index is 769. The maximum Gasteiger partial charge on any atom is 0.276 e. The van der Waals surface area contributed by atoms with Crippen LogP contribution in [0.3, 0.4) is 0 Å². The largest absolute Gasteiger partial charge is 0.494 e. The molecule has 8 nitrogen and oxygen atoms in total. The molecule has 0 atom stereocenters. The van der Waals surface area contributed by atoms with Gasteiger partial charge in [-0.05, 0) is 43.3 Å². The normalized spacial score (nSPS) is 10.3. The van der Waals surface area contributed by atoms with Gasteiger partial charge in [0.2, 0.25) is 0 Å². The van der Waals surface area contributed by atoms with Crippen LogP contribution in [0.4, 0.5) is 5.69 Å². The first kappa shape index (κ1) is 14.6. The molecule has 1 N–H and O–H groups in total. The van der Waals surface area contributed by atoms with Crippen LogP contribution < -0.4 is 10.1 Å². The van der Waals surface area contributed by atoms with Gasteiger partial charge in [0.05, 0.1) is 6.61 Å². The molecule has 0 spiro atoms. The molecule has 0 bridgehead atoms. The van der Waals surface area contributed by atoms with Gasteiger partial charge in [0.15, 0.2) is 11.5 Å². The molecule has 0 fully saturated rings. The zero-order valence-electron chi connectivity index (χ0n) is 12.4. The molecular weight excluding hydrogens is 296 g/mol. The van der Waals surface area contributed by atoms with Gasteiger partial charge >= 0.3 is 0 Å². The van der Waals surface area contributed by atoms with E-state index < -0.39 is 0 Å². The SMILES string of the molecule is CCOc1ccc(NC(=O)c2ccc(-n3cncn3)nn2)cc1. The van der Waals surface area contributed by atoms with Crippen LogP contribution in [0.5, 0.6) is 5.75 Å². The minimum atomic E-state index is -0.341. The molecule has 0 saturated heterocycles. The summed E-state index contributed by atoms with van der Waals surface area (Å²) in [6.45, 7) is 2.51. The Morgan fingerprint density at radius 3 is 2.61 bits per heavy atom. The number of rotatable bonds is 5. The Morgan fingerprint density at radius 2 is 2.00 bits per heavy atom. The Morgan fingerprint density at radius 1 is 1.17 bits per heavy atom. The molecule has 0 aliphatic heterocycles. The predicted molar refractivity (Wildman–Crippen MR) is 82.5 cm³/mol. The van der Waals surface area contributed by atoms with Crippen molar-refractivity contribution in [3.63, 3.8) is 0 Å². The number of nitrogens with zero attached hydrogens (tertiary/aromatic N) is 5. The first-order chi connectivity index (χ1) is 11.3. The zero-order valence-corrected chi connectivity index (χ0v) is 12.4. The summed E-state index contributed by atoms with van der Waals surface area (Å²) in [4.78, 5) is 16.0. The number of hydrogen-bond donors (Lipinski definition) is 1. The fraction of sp³-hybridized carbons (Fsp3) is 0.133. The highest BCUT2D eigenvalue weighted by Gasteiger charge is 2.09. The lowest BCUT2D eigenvalue weighted by Crippen LogP contribution is -2.15. The maximum absolute atomic E-state index is 12.1. The van der Waals surface area contributed by atoms with Crippen molar-refractivity contribution in [1.29, 1.82) is 0 Å². The van der Waals surface area contributed by atoms with Gasteiger partial charge in [-0.15, -0.1) is 10.2 Å². The van der Waals surface area contributed by atoms with Gasteiger partial charge in [-0.1, -0.05) is 0 Å². The second-order valence-corrected chi connectivity index (χ2v) is 4.53. The molecule has 2 aromatic heterocycles. The second-order valence-electron chi connectivity index (χ2n) is 4.53. The topological polar surface area (TPSA) is 94.8 Å². The molecule has 3 rings (SSSR count). The van der Waals surface area contributed by atoms with E-state index in [9.17, 15) is 4.79 Å². The molecule has 0 aliphatic rings. The van der Waals surface area contributed by atoms with E-state index in [1.807, 2.05) is 6.92 Å². The zero-order chi connectivity index (χ0) is 16.1. The summed E-state index contributed by atoms with van der Waals surface area (Å²) in [5.41, 5.74) is 0.864. The summed E-state index contributed by atoms with van der Waals surface area (Å²) in [6.07, 6.45) is 2.90. The van der Waals surface area contributed by atoms with E-state index in [1.54, 1.807) is 36.4 Å². The monoisotopic (exact) mass is 310 g/mol. The number of carbonyl (C=O) groups excluding carboxylic acids is 1. The maximum atomic E-state index is 12.1. The first-order valence-corrected chi connectivity index (χ1v) is 6.99. The Kier molecular flexibility index (Phi) is 4.23. The van der Waals surface area contributed by atoms with Crippen LogP contribution in [0.15, 0.2) is 49.1 Å². The summed E-state index contributed by atoms with van der Waals surface area (Å²) >= 11 is 0. The van der Waals surface area contributed by atoms with Gasteiger partial charge in [0.25, 0.3) is 5.91 Å². The average Bonchev–Trinajstić information content (AvgIpc) is 3.11. The average molecular weight is 310 g/mol. The van der Waals surface area contributed by atoms with Crippen LogP contribution in [0.1, 0.15) is 17.4 Å². The van der Waals surface area contributed by atoms with Crippen molar-refractivity contribution in [1.82, 2.24) is 25.0 Å². The third kappa shape index (κ3) is 3.49. The van der Waals surface area contributed by atoms with Crippen molar-refractivity contribution >= 4 is 11.6 Å². The van der Waals surface area contributed by atoms with Gasteiger partial charge in [-0.2, -0.15) is 5.10 Å². The highest BCUT2D eigenvalue weighted by Crippen LogP contribution is 2.16. The number of nitrogens with one attached hydrogen (secondary N) is 1. The fourth-order valence-electron chi connectivity index (χ4n) is 1.89. The fourth-order valence-corrected chi connectivity index (χ4v) is 1.89. The van der Waals surface area contributed by atoms with E-state index in [0.29, 0.717) is 18.1 Å². The van der Waals surface area contributed by atoms with Crippen molar-refractivity contribution < 1.29 is 9.53 Å². The van der Waals surface area contributed by atoms with Gasteiger partial charge in [0.1, 0.15) is 18.4 Å². The molecule has 0 aliphatic carbocycles. The highest BCUT2D eigenvalue weighted by atomic mass is 16.5. The van der Waals surface area contributed by atoms with E-state index in [2.05, 4.69) is 25.6 Å². The van der Waals surface area contributed by atoms with Gasteiger partial charge in [0, 0.05) is 5.69 Å². The molecule has 116 valence electrons. The molecule has 23 heavy (non-hydrogen) atoms. The lowest BCUT2D eigenvalue weighted by molar-refractivity contribution is 0.102. The molecule has 0 unspecified atom stereocenters. The first-order valence-electron chi connectivity index (χ1n) is 6.99. The van der Waals surface area contributed by atoms with Crippen molar-refractivity contribution in [3.8, 4) is 11.6 Å². The number of carbonyl (C=O) groups is 1. The van der Waals surface area contributed by atoms with Gasteiger partial charge in [-0.25, -0.2) is 9.67 Å². The number of ether oxygens (including phenoxy) is 1. The van der Waals surface area contributed by atoms with E-state index in [0.717, 1.165) is 5.75 Å². The molecule has 0 saturated carbocycles. The lowest BCUT2D eigenvalue weighted by Gasteiger charge is -2.06. The molecule has 3 aromatic rings. The van der Waals surface area contributed by atoms with Crippen molar-refractivity contribution in [2.45, 2.75) is 6.92 Å². The standard InChI is InChI=1S/C15H14N6O2/c1-2-23-12-5-3-11(4-6-12)18-15(22)13-7-8-14(20-19-13)21-10-16-9-17-21/h3-10H,2H2,1H3,(H,18,22). The minimum Gasteiger partial charge on any atom is -0.494 e. The second kappa shape index (κ2) is 6.65. The molecule has 8 heteroatoms. The van der Waals surface area contributed by atoms with Crippen LogP contribution in [-0.4, -0.2) is 37.5 Å². The van der Waals surface area contributed by atoms with Crippen molar-refractivity contribution in [2.24, 2.45) is 0 Å². The van der Waals surface area contributed by atoms with Crippen LogP contribution in [-0.2, 0) is 0 Å². The van der Waals surface area contributed by atoms with Crippen LogP contribution in [0.2, 0.25) is 0 Å². The number of hydrogen-bond acceptors (Lipinski definition) is 6. The van der Waals surface area contributed by atoms with E-state index >= 15 is 0 Å². The smallest absolute Gasteiger partial charge is 0.276 e. The van der Waals surface area contributed by atoms with Crippen LogP contribution in [0.25, 0.3) is 5.82 Å². The number of benzene rings is 1. The van der Waals surface area contributed by atoms with Gasteiger partial charge < -0.3 is 10.1 Å². The summed E-state index contributed by atoms with van der Waals surface area (Å²) < 4.78 is 6.81. The third-order valence-electron chi connectivity index (χ3n) is 2.96. The van der Waals surface area contributed by atoms with Crippen molar-refractivity contribution in [2.75, 3.05) is 11.9 Å². The number of amides is 1. The van der Waals surface area contributed by atoms with Crippen LogP contribution >= 0.6 is 0 Å². The summed E-state index contributed by atoms with van der Waals surface area (Å²) in [5.74, 6) is 0.898. The quantitative estimate of drug-likeness (QED) is 0.771. The van der Waals surface area contributed by atoms with Crippen molar-refractivity contribution in [3.05, 3.63) is 54.7 Å².